The third kappa shape index (κ3) is 3.26. The molecule has 0 aromatic heterocycles. The standard InChI is InChI=1S/C15H20O4/c1-10(9-17-4)18-11-5-6-12-13(16)8-15(2,3)19-14(12)7-11/h5-7,10H,8-9H2,1-4H3. The molecular weight excluding hydrogens is 244 g/mol. The van der Waals surface area contributed by atoms with E-state index < -0.39 is 5.60 Å². The number of rotatable bonds is 4. The highest BCUT2D eigenvalue weighted by Gasteiger charge is 2.32. The molecule has 0 saturated heterocycles. The van der Waals surface area contributed by atoms with Gasteiger partial charge in [-0.2, -0.15) is 0 Å². The molecule has 0 radical (unpaired) electrons. The number of ketones is 1. The maximum atomic E-state index is 12.0. The molecule has 0 N–H and O–H groups in total. The van der Waals surface area contributed by atoms with Crippen molar-refractivity contribution in [2.45, 2.75) is 38.9 Å². The molecule has 2 rings (SSSR count). The Morgan fingerprint density at radius 3 is 2.84 bits per heavy atom. The molecule has 104 valence electrons. The zero-order valence-corrected chi connectivity index (χ0v) is 11.9. The van der Waals surface area contributed by atoms with E-state index in [1.54, 1.807) is 25.3 Å². The van der Waals surface area contributed by atoms with E-state index in [1.807, 2.05) is 20.8 Å². The Balaban J connectivity index is 2.21. The molecular formula is C15H20O4. The fourth-order valence-corrected chi connectivity index (χ4v) is 2.21. The monoisotopic (exact) mass is 264 g/mol. The number of ether oxygens (including phenoxy) is 3. The highest BCUT2D eigenvalue weighted by atomic mass is 16.5. The molecule has 19 heavy (non-hydrogen) atoms. The summed E-state index contributed by atoms with van der Waals surface area (Å²) in [6, 6.07) is 5.34. The van der Waals surface area contributed by atoms with Crippen LogP contribution in [0, 0.1) is 0 Å². The maximum absolute atomic E-state index is 12.0. The normalized spacial score (nSPS) is 18.4. The average molecular weight is 264 g/mol. The summed E-state index contributed by atoms with van der Waals surface area (Å²) < 4.78 is 16.6. The number of hydrogen-bond acceptors (Lipinski definition) is 4. The summed E-state index contributed by atoms with van der Waals surface area (Å²) in [5.74, 6) is 1.40. The molecule has 1 unspecified atom stereocenters. The predicted molar refractivity (Wildman–Crippen MR) is 72.1 cm³/mol. The Labute approximate surface area is 113 Å². The summed E-state index contributed by atoms with van der Waals surface area (Å²) in [7, 11) is 1.64. The number of methoxy groups -OCH3 is 1. The molecule has 0 bridgehead atoms. The second-order valence-corrected chi connectivity index (χ2v) is 5.50. The van der Waals surface area contributed by atoms with Crippen LogP contribution in [0.15, 0.2) is 18.2 Å². The lowest BCUT2D eigenvalue weighted by Crippen LogP contribution is -2.35. The van der Waals surface area contributed by atoms with E-state index in [0.29, 0.717) is 30.1 Å². The van der Waals surface area contributed by atoms with Crippen LogP contribution < -0.4 is 9.47 Å². The average Bonchev–Trinajstić information content (AvgIpc) is 2.26. The minimum absolute atomic E-state index is 0.0460. The van der Waals surface area contributed by atoms with E-state index >= 15 is 0 Å². The number of carbonyl (C=O) groups excluding carboxylic acids is 1. The molecule has 0 spiro atoms. The van der Waals surface area contributed by atoms with Crippen LogP contribution in [0.1, 0.15) is 37.6 Å². The summed E-state index contributed by atoms with van der Waals surface area (Å²) >= 11 is 0. The fraction of sp³-hybridized carbons (Fsp3) is 0.533. The molecule has 1 aliphatic rings. The fourth-order valence-electron chi connectivity index (χ4n) is 2.21. The van der Waals surface area contributed by atoms with E-state index in [1.165, 1.54) is 0 Å². The van der Waals surface area contributed by atoms with Crippen LogP contribution in [0.2, 0.25) is 0 Å². The van der Waals surface area contributed by atoms with Gasteiger partial charge in [-0.25, -0.2) is 0 Å². The number of hydrogen-bond donors (Lipinski definition) is 0. The van der Waals surface area contributed by atoms with Gasteiger partial charge in [0, 0.05) is 13.2 Å². The highest BCUT2D eigenvalue weighted by molar-refractivity contribution is 6.00. The summed E-state index contributed by atoms with van der Waals surface area (Å²) in [4.78, 5) is 12.0. The van der Waals surface area contributed by atoms with Gasteiger partial charge in [-0.3, -0.25) is 4.79 Å². The highest BCUT2D eigenvalue weighted by Crippen LogP contribution is 2.35. The third-order valence-corrected chi connectivity index (χ3v) is 2.96. The number of fused-ring (bicyclic) bond motifs is 1. The van der Waals surface area contributed by atoms with Crippen molar-refractivity contribution >= 4 is 5.78 Å². The zero-order valence-electron chi connectivity index (χ0n) is 11.9. The van der Waals surface area contributed by atoms with E-state index in [4.69, 9.17) is 14.2 Å². The maximum Gasteiger partial charge on any atom is 0.170 e. The molecule has 4 nitrogen and oxygen atoms in total. The molecule has 0 fully saturated rings. The first-order chi connectivity index (χ1) is 8.91. The van der Waals surface area contributed by atoms with Gasteiger partial charge in [0.2, 0.25) is 0 Å². The van der Waals surface area contributed by atoms with Gasteiger partial charge in [-0.05, 0) is 32.9 Å². The van der Waals surface area contributed by atoms with Gasteiger partial charge in [0.25, 0.3) is 0 Å². The summed E-state index contributed by atoms with van der Waals surface area (Å²) in [5.41, 5.74) is 0.173. The van der Waals surface area contributed by atoms with Crippen molar-refractivity contribution < 1.29 is 19.0 Å². The van der Waals surface area contributed by atoms with Crippen molar-refractivity contribution in [2.24, 2.45) is 0 Å². The third-order valence-electron chi connectivity index (χ3n) is 2.96. The lowest BCUT2D eigenvalue weighted by Gasteiger charge is -2.31. The largest absolute Gasteiger partial charge is 0.488 e. The first-order valence-corrected chi connectivity index (χ1v) is 6.43. The van der Waals surface area contributed by atoms with E-state index in [9.17, 15) is 4.79 Å². The van der Waals surface area contributed by atoms with Crippen molar-refractivity contribution in [2.75, 3.05) is 13.7 Å². The van der Waals surface area contributed by atoms with Crippen molar-refractivity contribution in [3.63, 3.8) is 0 Å². The Morgan fingerprint density at radius 1 is 1.42 bits per heavy atom. The Morgan fingerprint density at radius 2 is 2.16 bits per heavy atom. The molecule has 0 aliphatic carbocycles. The zero-order chi connectivity index (χ0) is 14.0. The van der Waals surface area contributed by atoms with Crippen LogP contribution in [0.4, 0.5) is 0 Å². The quantitative estimate of drug-likeness (QED) is 0.838. The van der Waals surface area contributed by atoms with Gasteiger partial charge < -0.3 is 14.2 Å². The summed E-state index contributed by atoms with van der Waals surface area (Å²) in [5, 5.41) is 0. The smallest absolute Gasteiger partial charge is 0.170 e. The molecule has 1 aromatic rings. The second kappa shape index (κ2) is 5.21. The lowest BCUT2D eigenvalue weighted by atomic mass is 9.93. The first kappa shape index (κ1) is 13.9. The topological polar surface area (TPSA) is 44.8 Å². The van der Waals surface area contributed by atoms with Gasteiger partial charge in [-0.15, -0.1) is 0 Å². The molecule has 0 saturated carbocycles. The van der Waals surface area contributed by atoms with Gasteiger partial charge in [0.05, 0.1) is 18.6 Å². The summed E-state index contributed by atoms with van der Waals surface area (Å²) in [6.07, 6.45) is 0.357. The predicted octanol–water partition coefficient (Wildman–Crippen LogP) is 2.84. The van der Waals surface area contributed by atoms with Crippen LogP contribution >= 0.6 is 0 Å². The van der Waals surface area contributed by atoms with Crippen LogP contribution in [0.3, 0.4) is 0 Å². The molecule has 1 atom stereocenters. The van der Waals surface area contributed by atoms with Crippen molar-refractivity contribution in [1.82, 2.24) is 0 Å². The minimum Gasteiger partial charge on any atom is -0.488 e. The van der Waals surface area contributed by atoms with Crippen molar-refractivity contribution in [1.29, 1.82) is 0 Å². The SMILES string of the molecule is COCC(C)Oc1ccc2c(c1)OC(C)(C)CC2=O. The minimum atomic E-state index is -0.457. The Kier molecular flexibility index (Phi) is 3.80. The molecule has 1 aromatic carbocycles. The lowest BCUT2D eigenvalue weighted by molar-refractivity contribution is 0.0612. The Hall–Kier alpha value is -1.55. The van der Waals surface area contributed by atoms with Crippen LogP contribution in [0.5, 0.6) is 11.5 Å². The number of carbonyl (C=O) groups is 1. The number of Topliss-reactive ketones (excluding diaryl/α,β-unsaturated/α-hetero) is 1. The van der Waals surface area contributed by atoms with E-state index in [-0.39, 0.29) is 11.9 Å². The second-order valence-electron chi connectivity index (χ2n) is 5.50. The van der Waals surface area contributed by atoms with Gasteiger partial charge >= 0.3 is 0 Å². The van der Waals surface area contributed by atoms with E-state index in [2.05, 4.69) is 0 Å². The molecule has 4 heteroatoms. The van der Waals surface area contributed by atoms with Crippen LogP contribution in [0.25, 0.3) is 0 Å². The molecule has 1 heterocycles. The van der Waals surface area contributed by atoms with Crippen LogP contribution in [-0.4, -0.2) is 31.2 Å². The van der Waals surface area contributed by atoms with Crippen molar-refractivity contribution in [3.8, 4) is 11.5 Å². The van der Waals surface area contributed by atoms with Crippen molar-refractivity contribution in [3.05, 3.63) is 23.8 Å². The molecule has 1 aliphatic heterocycles. The summed E-state index contributed by atoms with van der Waals surface area (Å²) in [6.45, 7) is 6.27. The van der Waals surface area contributed by atoms with Gasteiger partial charge in [0.1, 0.15) is 23.2 Å². The number of benzene rings is 1. The Bertz CT molecular complexity index is 479. The first-order valence-electron chi connectivity index (χ1n) is 6.43. The van der Waals surface area contributed by atoms with E-state index in [0.717, 1.165) is 0 Å². The van der Waals surface area contributed by atoms with Gasteiger partial charge in [0.15, 0.2) is 5.78 Å². The van der Waals surface area contributed by atoms with Crippen LogP contribution in [-0.2, 0) is 4.74 Å². The molecule has 0 amide bonds. The van der Waals surface area contributed by atoms with Gasteiger partial charge in [-0.1, -0.05) is 0 Å².